The molecule has 2 amide bonds. The van der Waals surface area contributed by atoms with Gasteiger partial charge in [0.05, 0.1) is 17.4 Å². The number of nitrogens with two attached hydrogens (primary N) is 1. The third kappa shape index (κ3) is 3.79. The Kier molecular flexibility index (Phi) is 4.59. The summed E-state index contributed by atoms with van der Waals surface area (Å²) < 4.78 is 1.40. The normalized spacial score (nSPS) is 16.7. The predicted octanol–water partition coefficient (Wildman–Crippen LogP) is -1.01. The molecular formula is C13H22N6O2. The Morgan fingerprint density at radius 2 is 2.10 bits per heavy atom. The van der Waals surface area contributed by atoms with Crippen LogP contribution in [0.3, 0.4) is 0 Å². The Labute approximate surface area is 123 Å². The van der Waals surface area contributed by atoms with E-state index in [4.69, 9.17) is 5.73 Å². The molecule has 1 aliphatic heterocycles. The van der Waals surface area contributed by atoms with Gasteiger partial charge in [-0.2, -0.15) is 5.10 Å². The zero-order valence-corrected chi connectivity index (χ0v) is 12.4. The second-order valence-corrected chi connectivity index (χ2v) is 5.64. The summed E-state index contributed by atoms with van der Waals surface area (Å²) in [5.74, 6) is -0.569. The number of carbonyl (C=O) groups excluding carboxylic acids is 2. The number of amides is 2. The average molecular weight is 294 g/mol. The highest BCUT2D eigenvalue weighted by atomic mass is 16.2. The van der Waals surface area contributed by atoms with E-state index in [0.29, 0.717) is 5.69 Å². The number of hydrogen-bond donors (Lipinski definition) is 3. The molecule has 0 aromatic carbocycles. The monoisotopic (exact) mass is 294 g/mol. The highest BCUT2D eigenvalue weighted by molar-refractivity contribution is 5.97. The molecule has 1 aromatic rings. The average Bonchev–Trinajstić information content (AvgIpc) is 2.86. The molecule has 0 radical (unpaired) electrons. The minimum atomic E-state index is -0.603. The van der Waals surface area contributed by atoms with Crippen LogP contribution in [0.1, 0.15) is 13.8 Å². The van der Waals surface area contributed by atoms with E-state index in [1.54, 1.807) is 6.20 Å². The van der Waals surface area contributed by atoms with Crippen molar-refractivity contribution in [1.82, 2.24) is 20.0 Å². The number of carbonyl (C=O) groups is 2. The molecule has 116 valence electrons. The van der Waals surface area contributed by atoms with Crippen LogP contribution in [-0.2, 0) is 16.1 Å². The molecule has 21 heavy (non-hydrogen) atoms. The second kappa shape index (κ2) is 6.23. The summed E-state index contributed by atoms with van der Waals surface area (Å²) in [6.07, 6.45) is 3.10. The lowest BCUT2D eigenvalue weighted by Gasteiger charge is -2.39. The summed E-state index contributed by atoms with van der Waals surface area (Å²) in [6.45, 7) is 7.24. The smallest absolute Gasteiger partial charge is 0.244 e. The molecule has 8 nitrogen and oxygen atoms in total. The van der Waals surface area contributed by atoms with Crippen molar-refractivity contribution in [3.8, 4) is 0 Å². The lowest BCUT2D eigenvalue weighted by atomic mass is 10.0. The summed E-state index contributed by atoms with van der Waals surface area (Å²) in [6, 6.07) is 0. The second-order valence-electron chi connectivity index (χ2n) is 5.64. The minimum Gasteiger partial charge on any atom is -0.368 e. The van der Waals surface area contributed by atoms with Gasteiger partial charge in [0.2, 0.25) is 11.8 Å². The molecule has 1 aliphatic rings. The Balaban J connectivity index is 1.99. The highest BCUT2D eigenvalue weighted by Crippen LogP contribution is 2.18. The third-order valence-corrected chi connectivity index (χ3v) is 3.67. The zero-order valence-electron chi connectivity index (χ0n) is 12.4. The molecule has 1 fully saturated rings. The maximum Gasteiger partial charge on any atom is 0.244 e. The van der Waals surface area contributed by atoms with Crippen LogP contribution in [0.4, 0.5) is 5.69 Å². The van der Waals surface area contributed by atoms with Crippen LogP contribution in [-0.4, -0.2) is 58.2 Å². The predicted molar refractivity (Wildman–Crippen MR) is 78.6 cm³/mol. The van der Waals surface area contributed by atoms with Gasteiger partial charge in [0, 0.05) is 32.4 Å². The lowest BCUT2D eigenvalue weighted by molar-refractivity contribution is -0.126. The molecule has 0 aliphatic carbocycles. The quantitative estimate of drug-likeness (QED) is 0.645. The SMILES string of the molecule is CC(C)(C(=O)Nc1cnn(CC(N)=O)c1)N1CCNCC1. The molecule has 0 unspecified atom stereocenters. The molecule has 1 saturated heterocycles. The van der Waals surface area contributed by atoms with Gasteiger partial charge in [-0.05, 0) is 13.8 Å². The Bertz CT molecular complexity index is 518. The van der Waals surface area contributed by atoms with E-state index in [-0.39, 0.29) is 12.5 Å². The number of aromatic nitrogens is 2. The first kappa shape index (κ1) is 15.5. The van der Waals surface area contributed by atoms with E-state index >= 15 is 0 Å². The van der Waals surface area contributed by atoms with Crippen molar-refractivity contribution in [3.63, 3.8) is 0 Å². The summed E-state index contributed by atoms with van der Waals surface area (Å²) in [5, 5.41) is 10.1. The molecule has 2 rings (SSSR count). The Morgan fingerprint density at radius 1 is 1.43 bits per heavy atom. The van der Waals surface area contributed by atoms with Crippen LogP contribution in [0.25, 0.3) is 0 Å². The molecule has 4 N–H and O–H groups in total. The largest absolute Gasteiger partial charge is 0.368 e. The highest BCUT2D eigenvalue weighted by Gasteiger charge is 2.35. The van der Waals surface area contributed by atoms with Crippen molar-refractivity contribution in [3.05, 3.63) is 12.4 Å². The van der Waals surface area contributed by atoms with Gasteiger partial charge in [0.1, 0.15) is 6.54 Å². The number of anilines is 1. The topological polar surface area (TPSA) is 105 Å². The zero-order chi connectivity index (χ0) is 15.5. The van der Waals surface area contributed by atoms with Gasteiger partial charge in [0.25, 0.3) is 0 Å². The summed E-state index contributed by atoms with van der Waals surface area (Å²) in [7, 11) is 0. The van der Waals surface area contributed by atoms with Gasteiger partial charge < -0.3 is 16.4 Å². The molecular weight excluding hydrogens is 272 g/mol. The maximum atomic E-state index is 12.5. The fourth-order valence-electron chi connectivity index (χ4n) is 2.33. The fraction of sp³-hybridized carbons (Fsp3) is 0.615. The molecule has 0 spiro atoms. The van der Waals surface area contributed by atoms with Crippen molar-refractivity contribution >= 4 is 17.5 Å². The maximum absolute atomic E-state index is 12.5. The molecule has 0 bridgehead atoms. The van der Waals surface area contributed by atoms with Crippen molar-refractivity contribution < 1.29 is 9.59 Å². The molecule has 2 heterocycles. The van der Waals surface area contributed by atoms with Crippen LogP contribution < -0.4 is 16.4 Å². The number of piperazine rings is 1. The van der Waals surface area contributed by atoms with Gasteiger partial charge in [-0.25, -0.2) is 0 Å². The fourth-order valence-corrected chi connectivity index (χ4v) is 2.33. The van der Waals surface area contributed by atoms with Gasteiger partial charge >= 0.3 is 0 Å². The standard InChI is InChI=1S/C13H22N6O2/c1-13(2,18-5-3-15-4-6-18)12(21)17-10-7-16-19(8-10)9-11(14)20/h7-8,15H,3-6,9H2,1-2H3,(H2,14,20)(H,17,21). The third-order valence-electron chi connectivity index (χ3n) is 3.67. The van der Waals surface area contributed by atoms with Gasteiger partial charge in [-0.3, -0.25) is 19.2 Å². The summed E-state index contributed by atoms with van der Waals surface area (Å²) >= 11 is 0. The van der Waals surface area contributed by atoms with Gasteiger partial charge in [-0.15, -0.1) is 0 Å². The van der Waals surface area contributed by atoms with Crippen molar-refractivity contribution in [2.75, 3.05) is 31.5 Å². The molecule has 1 aromatic heterocycles. The minimum absolute atomic E-state index is 0.00292. The molecule has 0 saturated carbocycles. The van der Waals surface area contributed by atoms with Crippen molar-refractivity contribution in [2.45, 2.75) is 25.9 Å². The molecule has 0 atom stereocenters. The first-order valence-corrected chi connectivity index (χ1v) is 6.97. The van der Waals surface area contributed by atoms with E-state index in [9.17, 15) is 9.59 Å². The van der Waals surface area contributed by atoms with Crippen molar-refractivity contribution in [2.24, 2.45) is 5.73 Å². The van der Waals surface area contributed by atoms with E-state index in [0.717, 1.165) is 26.2 Å². The van der Waals surface area contributed by atoms with E-state index in [1.165, 1.54) is 10.9 Å². The van der Waals surface area contributed by atoms with E-state index in [1.807, 2.05) is 13.8 Å². The number of primary amides is 1. The number of nitrogens with zero attached hydrogens (tertiary/aromatic N) is 3. The van der Waals surface area contributed by atoms with Crippen LogP contribution in [0.2, 0.25) is 0 Å². The van der Waals surface area contributed by atoms with Crippen LogP contribution in [0.15, 0.2) is 12.4 Å². The van der Waals surface area contributed by atoms with Crippen LogP contribution in [0, 0.1) is 0 Å². The lowest BCUT2D eigenvalue weighted by Crippen LogP contribution is -2.58. The van der Waals surface area contributed by atoms with Gasteiger partial charge in [-0.1, -0.05) is 0 Å². The van der Waals surface area contributed by atoms with Gasteiger partial charge in [0.15, 0.2) is 0 Å². The summed E-state index contributed by atoms with van der Waals surface area (Å²) in [5.41, 5.74) is 5.06. The van der Waals surface area contributed by atoms with E-state index < -0.39 is 11.4 Å². The Hall–Kier alpha value is -1.93. The number of nitrogens with one attached hydrogen (secondary N) is 2. The van der Waals surface area contributed by atoms with Crippen molar-refractivity contribution in [1.29, 1.82) is 0 Å². The Morgan fingerprint density at radius 3 is 2.71 bits per heavy atom. The summed E-state index contributed by atoms with van der Waals surface area (Å²) in [4.78, 5) is 25.4. The first-order valence-electron chi connectivity index (χ1n) is 6.97. The van der Waals surface area contributed by atoms with E-state index in [2.05, 4.69) is 20.6 Å². The number of rotatable bonds is 5. The van der Waals surface area contributed by atoms with Crippen LogP contribution in [0.5, 0.6) is 0 Å². The van der Waals surface area contributed by atoms with Crippen LogP contribution >= 0.6 is 0 Å². The molecule has 8 heteroatoms. The first-order chi connectivity index (χ1) is 9.89. The number of hydrogen-bond acceptors (Lipinski definition) is 5.